The van der Waals surface area contributed by atoms with Crippen molar-refractivity contribution in [3.8, 4) is 0 Å². The third kappa shape index (κ3) is 4.48. The van der Waals surface area contributed by atoms with E-state index in [1.807, 2.05) is 30.3 Å². The third-order valence-electron chi connectivity index (χ3n) is 1.28. The Morgan fingerprint density at radius 3 is 2.77 bits per heavy atom. The summed E-state index contributed by atoms with van der Waals surface area (Å²) in [6.45, 7) is -0.0966. The van der Waals surface area contributed by atoms with Gasteiger partial charge in [0.05, 0.1) is 0 Å². The van der Waals surface area contributed by atoms with Crippen molar-refractivity contribution in [1.82, 2.24) is 0 Å². The van der Waals surface area contributed by atoms with Crippen molar-refractivity contribution in [2.45, 2.75) is 0 Å². The maximum Gasteiger partial charge on any atom is 0.696 e. The summed E-state index contributed by atoms with van der Waals surface area (Å²) in [5.41, 5.74) is 0.930. The van der Waals surface area contributed by atoms with Crippen LogP contribution in [-0.4, -0.2) is 17.8 Å². The predicted molar refractivity (Wildman–Crippen MR) is 49.8 cm³/mol. The van der Waals surface area contributed by atoms with Crippen LogP contribution in [-0.2, 0) is 9.09 Å². The Labute approximate surface area is 76.8 Å². The first-order chi connectivity index (χ1) is 6.29. The Morgan fingerprint density at radius 2 is 2.15 bits per heavy atom. The molecule has 5 heteroatoms. The lowest BCUT2D eigenvalue weighted by atomic mass is 10.2. The SMILES string of the molecule is O=[P+](O)OCN=Cc1ccccc1. The van der Waals surface area contributed by atoms with Gasteiger partial charge in [-0.1, -0.05) is 34.9 Å². The van der Waals surface area contributed by atoms with Gasteiger partial charge in [0, 0.05) is 10.8 Å². The van der Waals surface area contributed by atoms with Crippen LogP contribution < -0.4 is 0 Å². The lowest BCUT2D eigenvalue weighted by Crippen LogP contribution is -1.84. The van der Waals surface area contributed by atoms with Gasteiger partial charge in [-0.15, -0.1) is 4.89 Å². The first-order valence-electron chi connectivity index (χ1n) is 3.63. The molecule has 1 aromatic carbocycles. The molecule has 0 saturated carbocycles. The number of hydrogen-bond donors (Lipinski definition) is 1. The third-order valence-corrected chi connectivity index (χ3v) is 1.62. The minimum atomic E-state index is -2.54. The molecule has 1 N–H and O–H groups in total. The Bertz CT molecular complexity index is 300. The fraction of sp³-hybridized carbons (Fsp3) is 0.125. The van der Waals surface area contributed by atoms with E-state index in [4.69, 9.17) is 4.89 Å². The Hall–Kier alpha value is -1.09. The number of aliphatic imine (C=N–C) groups is 1. The first kappa shape index (κ1) is 9.99. The monoisotopic (exact) mass is 198 g/mol. The molecule has 0 aliphatic heterocycles. The van der Waals surface area contributed by atoms with Crippen LogP contribution in [0.25, 0.3) is 0 Å². The molecule has 0 saturated heterocycles. The standard InChI is InChI=1S/C8H8NO3P/c10-13(11)12-7-9-6-8-4-2-1-3-5-8/h1-6H,7H2/p+1. The van der Waals surface area contributed by atoms with Crippen molar-refractivity contribution in [2.75, 3.05) is 6.73 Å². The highest BCUT2D eigenvalue weighted by Gasteiger charge is 2.08. The van der Waals surface area contributed by atoms with Gasteiger partial charge in [0.1, 0.15) is 0 Å². The number of rotatable bonds is 4. The average molecular weight is 198 g/mol. The predicted octanol–water partition coefficient (Wildman–Crippen LogP) is 1.73. The topological polar surface area (TPSA) is 58.9 Å². The fourth-order valence-corrected chi connectivity index (χ4v) is 0.930. The molecule has 1 rings (SSSR count). The van der Waals surface area contributed by atoms with Crippen molar-refractivity contribution < 1.29 is 14.0 Å². The number of benzene rings is 1. The highest BCUT2D eigenvalue weighted by atomic mass is 31.1. The van der Waals surface area contributed by atoms with Gasteiger partial charge in [0.25, 0.3) is 0 Å². The van der Waals surface area contributed by atoms with Gasteiger partial charge in [-0.2, -0.15) is 0 Å². The zero-order valence-electron chi connectivity index (χ0n) is 6.83. The zero-order chi connectivity index (χ0) is 9.52. The quantitative estimate of drug-likeness (QED) is 0.592. The molecule has 0 amide bonds. The molecule has 1 aromatic rings. The second kappa shape index (κ2) is 5.54. The smallest absolute Gasteiger partial charge is 0.259 e. The Kier molecular flexibility index (Phi) is 4.26. The van der Waals surface area contributed by atoms with Crippen LogP contribution in [0.5, 0.6) is 0 Å². The molecule has 4 nitrogen and oxygen atoms in total. The van der Waals surface area contributed by atoms with Crippen LogP contribution in [0.4, 0.5) is 0 Å². The molecule has 1 atom stereocenters. The summed E-state index contributed by atoms with van der Waals surface area (Å²) in [6.07, 6.45) is 1.58. The van der Waals surface area contributed by atoms with Crippen LogP contribution in [0.2, 0.25) is 0 Å². The lowest BCUT2D eigenvalue weighted by molar-refractivity contribution is 0.292. The Balaban J connectivity index is 2.37. The van der Waals surface area contributed by atoms with Crippen LogP contribution in [0.3, 0.4) is 0 Å². The molecular weight excluding hydrogens is 189 g/mol. The van der Waals surface area contributed by atoms with Gasteiger partial charge in [-0.3, -0.25) is 4.99 Å². The van der Waals surface area contributed by atoms with Crippen molar-refractivity contribution in [1.29, 1.82) is 0 Å². The minimum absolute atomic E-state index is 0.0966. The Morgan fingerprint density at radius 1 is 1.46 bits per heavy atom. The van der Waals surface area contributed by atoms with Gasteiger partial charge in [0.2, 0.25) is 0 Å². The van der Waals surface area contributed by atoms with E-state index >= 15 is 0 Å². The van der Waals surface area contributed by atoms with Gasteiger partial charge >= 0.3 is 8.25 Å². The highest BCUT2D eigenvalue weighted by molar-refractivity contribution is 7.32. The summed E-state index contributed by atoms with van der Waals surface area (Å²) in [7, 11) is -2.54. The molecule has 13 heavy (non-hydrogen) atoms. The minimum Gasteiger partial charge on any atom is -0.259 e. The summed E-state index contributed by atoms with van der Waals surface area (Å²) < 4.78 is 14.4. The summed E-state index contributed by atoms with van der Waals surface area (Å²) in [4.78, 5) is 12.1. The molecule has 0 radical (unpaired) electrons. The zero-order valence-corrected chi connectivity index (χ0v) is 7.72. The summed E-state index contributed by atoms with van der Waals surface area (Å²) in [6, 6.07) is 9.42. The molecule has 0 aromatic heterocycles. The van der Waals surface area contributed by atoms with Crippen LogP contribution in [0.15, 0.2) is 35.3 Å². The normalized spacial score (nSPS) is 11.9. The van der Waals surface area contributed by atoms with Crippen molar-refractivity contribution in [3.63, 3.8) is 0 Å². The maximum atomic E-state index is 10.1. The summed E-state index contributed by atoms with van der Waals surface area (Å²) in [5, 5.41) is 0. The van der Waals surface area contributed by atoms with E-state index in [1.165, 1.54) is 0 Å². The fourth-order valence-electron chi connectivity index (χ4n) is 0.765. The van der Waals surface area contributed by atoms with Gasteiger partial charge in [0.15, 0.2) is 6.73 Å². The number of nitrogens with zero attached hydrogens (tertiary/aromatic N) is 1. The second-order valence-corrected chi connectivity index (χ2v) is 2.95. The van der Waals surface area contributed by atoms with Gasteiger partial charge < -0.3 is 0 Å². The molecule has 0 spiro atoms. The van der Waals surface area contributed by atoms with E-state index in [0.717, 1.165) is 5.56 Å². The average Bonchev–Trinajstić information content (AvgIpc) is 2.14. The van der Waals surface area contributed by atoms with Crippen molar-refractivity contribution in [2.24, 2.45) is 4.99 Å². The summed E-state index contributed by atoms with van der Waals surface area (Å²) >= 11 is 0. The van der Waals surface area contributed by atoms with Crippen LogP contribution in [0.1, 0.15) is 5.56 Å². The maximum absolute atomic E-state index is 10.1. The first-order valence-corrected chi connectivity index (χ1v) is 4.76. The highest BCUT2D eigenvalue weighted by Crippen LogP contribution is 2.13. The van der Waals surface area contributed by atoms with Gasteiger partial charge in [-0.25, -0.2) is 0 Å². The number of hydrogen-bond acceptors (Lipinski definition) is 3. The molecule has 0 aliphatic rings. The largest absolute Gasteiger partial charge is 0.696 e. The van der Waals surface area contributed by atoms with E-state index in [1.54, 1.807) is 6.21 Å². The summed E-state index contributed by atoms with van der Waals surface area (Å²) in [5.74, 6) is 0. The molecule has 0 aliphatic carbocycles. The van der Waals surface area contributed by atoms with Crippen molar-refractivity contribution >= 4 is 14.5 Å². The van der Waals surface area contributed by atoms with E-state index in [2.05, 4.69) is 9.52 Å². The molecule has 0 heterocycles. The van der Waals surface area contributed by atoms with E-state index in [-0.39, 0.29) is 6.73 Å². The van der Waals surface area contributed by atoms with Crippen molar-refractivity contribution in [3.05, 3.63) is 35.9 Å². The molecule has 0 fully saturated rings. The van der Waals surface area contributed by atoms with Crippen LogP contribution in [0, 0.1) is 0 Å². The van der Waals surface area contributed by atoms with E-state index in [0.29, 0.717) is 0 Å². The molecule has 1 unspecified atom stereocenters. The van der Waals surface area contributed by atoms with E-state index in [9.17, 15) is 4.57 Å². The molecule has 68 valence electrons. The van der Waals surface area contributed by atoms with E-state index < -0.39 is 8.25 Å². The second-order valence-electron chi connectivity index (χ2n) is 2.22. The van der Waals surface area contributed by atoms with Crippen LogP contribution >= 0.6 is 8.25 Å². The molecular formula is C8H9NO3P+. The lowest BCUT2D eigenvalue weighted by Gasteiger charge is -1.88. The van der Waals surface area contributed by atoms with Gasteiger partial charge in [-0.05, 0) is 5.56 Å². The molecule has 0 bridgehead atoms.